The predicted molar refractivity (Wildman–Crippen MR) is 39.1 cm³/mol. The Hall–Kier alpha value is -0.260. The van der Waals surface area contributed by atoms with E-state index in [-0.39, 0.29) is 0 Å². The zero-order valence-corrected chi connectivity index (χ0v) is 6.39. The molecule has 0 aromatic heterocycles. The van der Waals surface area contributed by atoms with Crippen LogP contribution in [0.2, 0.25) is 0 Å². The van der Waals surface area contributed by atoms with Gasteiger partial charge in [0, 0.05) is 0 Å². The molecule has 50 valence electrons. The van der Waals surface area contributed by atoms with Crippen LogP contribution in [-0.4, -0.2) is 0 Å². The third-order valence-corrected chi connectivity index (χ3v) is 2.88. The van der Waals surface area contributed by atoms with Gasteiger partial charge >= 0.3 is 0 Å². The minimum Gasteiger partial charge on any atom is -0.0807 e. The fourth-order valence-corrected chi connectivity index (χ4v) is 2.07. The maximum atomic E-state index is 2.47. The summed E-state index contributed by atoms with van der Waals surface area (Å²) in [4.78, 5) is 0. The molecular weight excluding hydrogens is 108 g/mol. The molecule has 1 saturated carbocycles. The molecule has 0 saturated heterocycles. The molecule has 2 rings (SSSR count). The van der Waals surface area contributed by atoms with Gasteiger partial charge in [-0.2, -0.15) is 0 Å². The SMILES string of the molecule is CC(C)C1=CC2C(C)C12. The van der Waals surface area contributed by atoms with Crippen molar-refractivity contribution < 1.29 is 0 Å². The van der Waals surface area contributed by atoms with Crippen molar-refractivity contribution in [3.05, 3.63) is 11.6 Å². The zero-order valence-electron chi connectivity index (χ0n) is 6.39. The van der Waals surface area contributed by atoms with Gasteiger partial charge in [0.15, 0.2) is 0 Å². The van der Waals surface area contributed by atoms with Gasteiger partial charge in [0.05, 0.1) is 0 Å². The van der Waals surface area contributed by atoms with Gasteiger partial charge in [-0.3, -0.25) is 0 Å². The number of hydrogen-bond acceptors (Lipinski definition) is 0. The molecular formula is C9H14. The molecule has 0 heteroatoms. The summed E-state index contributed by atoms with van der Waals surface area (Å²) in [6, 6.07) is 0. The summed E-state index contributed by atoms with van der Waals surface area (Å²) in [6.07, 6.45) is 2.47. The highest BCUT2D eigenvalue weighted by Crippen LogP contribution is 2.61. The van der Waals surface area contributed by atoms with Crippen molar-refractivity contribution in [2.24, 2.45) is 23.7 Å². The van der Waals surface area contributed by atoms with E-state index in [1.54, 1.807) is 5.57 Å². The second-order valence-corrected chi connectivity index (χ2v) is 3.78. The highest BCUT2D eigenvalue weighted by atomic mass is 14.6. The van der Waals surface area contributed by atoms with E-state index in [0.29, 0.717) is 0 Å². The van der Waals surface area contributed by atoms with Crippen LogP contribution in [0.5, 0.6) is 0 Å². The number of fused-ring (bicyclic) bond motifs is 1. The first kappa shape index (κ1) is 5.52. The monoisotopic (exact) mass is 122 g/mol. The lowest BCUT2D eigenvalue weighted by molar-refractivity contribution is 0.637. The second-order valence-electron chi connectivity index (χ2n) is 3.78. The molecule has 0 nitrogen and oxygen atoms in total. The molecule has 0 radical (unpaired) electrons. The van der Waals surface area contributed by atoms with Crippen LogP contribution in [-0.2, 0) is 0 Å². The summed E-state index contributed by atoms with van der Waals surface area (Å²) in [5.41, 5.74) is 1.73. The smallest absolute Gasteiger partial charge is 0.0103 e. The Morgan fingerprint density at radius 3 is 2.22 bits per heavy atom. The van der Waals surface area contributed by atoms with Gasteiger partial charge in [0.25, 0.3) is 0 Å². The van der Waals surface area contributed by atoms with Gasteiger partial charge in [0.2, 0.25) is 0 Å². The summed E-state index contributed by atoms with van der Waals surface area (Å²) in [5, 5.41) is 0. The molecule has 0 aromatic carbocycles. The van der Waals surface area contributed by atoms with Crippen LogP contribution in [0.4, 0.5) is 0 Å². The van der Waals surface area contributed by atoms with Crippen LogP contribution >= 0.6 is 0 Å². The average molecular weight is 122 g/mol. The third-order valence-electron chi connectivity index (χ3n) is 2.88. The summed E-state index contributed by atoms with van der Waals surface area (Å²) in [5.74, 6) is 3.84. The Bertz CT molecular complexity index is 165. The van der Waals surface area contributed by atoms with Crippen LogP contribution < -0.4 is 0 Å². The largest absolute Gasteiger partial charge is 0.0807 e. The summed E-state index contributed by atoms with van der Waals surface area (Å²) in [7, 11) is 0. The van der Waals surface area contributed by atoms with E-state index >= 15 is 0 Å². The molecule has 0 spiro atoms. The van der Waals surface area contributed by atoms with Gasteiger partial charge in [0.1, 0.15) is 0 Å². The Kier molecular flexibility index (Phi) is 0.870. The molecule has 0 heterocycles. The van der Waals surface area contributed by atoms with Gasteiger partial charge < -0.3 is 0 Å². The molecule has 0 amide bonds. The van der Waals surface area contributed by atoms with Crippen LogP contribution in [0.3, 0.4) is 0 Å². The van der Waals surface area contributed by atoms with E-state index in [1.165, 1.54) is 0 Å². The van der Waals surface area contributed by atoms with Crippen LogP contribution in [0.1, 0.15) is 20.8 Å². The molecule has 0 bridgehead atoms. The number of allylic oxidation sites excluding steroid dienone is 2. The van der Waals surface area contributed by atoms with Crippen molar-refractivity contribution in [1.29, 1.82) is 0 Å². The fourth-order valence-electron chi connectivity index (χ4n) is 2.07. The minimum absolute atomic E-state index is 0.816. The maximum Gasteiger partial charge on any atom is -0.0103 e. The first-order valence-corrected chi connectivity index (χ1v) is 3.93. The van der Waals surface area contributed by atoms with Gasteiger partial charge in [-0.05, 0) is 23.7 Å². The van der Waals surface area contributed by atoms with Gasteiger partial charge in [-0.15, -0.1) is 0 Å². The van der Waals surface area contributed by atoms with E-state index in [9.17, 15) is 0 Å². The highest BCUT2D eigenvalue weighted by molar-refractivity contribution is 5.35. The van der Waals surface area contributed by atoms with Gasteiger partial charge in [-0.25, -0.2) is 0 Å². The molecule has 1 fully saturated rings. The van der Waals surface area contributed by atoms with E-state index in [1.807, 2.05) is 0 Å². The summed E-state index contributed by atoms with van der Waals surface area (Å²) >= 11 is 0. The summed E-state index contributed by atoms with van der Waals surface area (Å²) in [6.45, 7) is 6.96. The molecule has 0 aromatic rings. The Labute approximate surface area is 57.0 Å². The molecule has 2 aliphatic carbocycles. The molecule has 0 N–H and O–H groups in total. The van der Waals surface area contributed by atoms with Crippen molar-refractivity contribution in [1.82, 2.24) is 0 Å². The molecule has 3 unspecified atom stereocenters. The topological polar surface area (TPSA) is 0 Å². The van der Waals surface area contributed by atoms with Crippen molar-refractivity contribution in [2.45, 2.75) is 20.8 Å². The predicted octanol–water partition coefficient (Wildman–Crippen LogP) is 2.46. The van der Waals surface area contributed by atoms with Crippen molar-refractivity contribution in [2.75, 3.05) is 0 Å². The first-order valence-electron chi connectivity index (χ1n) is 3.93. The minimum atomic E-state index is 0.816. The second kappa shape index (κ2) is 1.42. The van der Waals surface area contributed by atoms with E-state index < -0.39 is 0 Å². The standard InChI is InChI=1S/C9H14/c1-5(2)7-4-8-6(3)9(7)8/h4-6,8-9H,1-3H3. The lowest BCUT2D eigenvalue weighted by Gasteiger charge is -2.16. The van der Waals surface area contributed by atoms with E-state index in [0.717, 1.165) is 23.7 Å². The van der Waals surface area contributed by atoms with Crippen LogP contribution in [0.15, 0.2) is 11.6 Å². The zero-order chi connectivity index (χ0) is 6.59. The van der Waals surface area contributed by atoms with Crippen LogP contribution in [0, 0.1) is 23.7 Å². The number of hydrogen-bond donors (Lipinski definition) is 0. The number of rotatable bonds is 1. The van der Waals surface area contributed by atoms with Crippen molar-refractivity contribution in [3.8, 4) is 0 Å². The molecule has 3 atom stereocenters. The normalized spacial score (nSPS) is 45.8. The van der Waals surface area contributed by atoms with E-state index in [4.69, 9.17) is 0 Å². The Morgan fingerprint density at radius 2 is 2.11 bits per heavy atom. The lowest BCUT2D eigenvalue weighted by Crippen LogP contribution is -2.05. The van der Waals surface area contributed by atoms with Crippen molar-refractivity contribution in [3.63, 3.8) is 0 Å². The third kappa shape index (κ3) is 0.540. The van der Waals surface area contributed by atoms with Crippen LogP contribution in [0.25, 0.3) is 0 Å². The highest BCUT2D eigenvalue weighted by Gasteiger charge is 2.54. The maximum absolute atomic E-state index is 2.47. The average Bonchev–Trinajstić information content (AvgIpc) is 2.03. The van der Waals surface area contributed by atoms with E-state index in [2.05, 4.69) is 26.8 Å². The lowest BCUT2D eigenvalue weighted by atomic mass is 9.89. The quantitative estimate of drug-likeness (QED) is 0.469. The van der Waals surface area contributed by atoms with Gasteiger partial charge in [-0.1, -0.05) is 32.4 Å². The molecule has 0 aliphatic heterocycles. The molecule has 2 aliphatic rings. The Morgan fingerprint density at radius 1 is 1.44 bits per heavy atom. The first-order chi connectivity index (χ1) is 4.22. The summed E-state index contributed by atoms with van der Waals surface area (Å²) < 4.78 is 0. The Balaban J connectivity index is 2.06. The molecule has 9 heavy (non-hydrogen) atoms. The fraction of sp³-hybridized carbons (Fsp3) is 0.778. The van der Waals surface area contributed by atoms with Crippen molar-refractivity contribution >= 4 is 0 Å².